The minimum Gasteiger partial charge on any atom is -0.486 e. The zero-order chi connectivity index (χ0) is 12.3. The number of allylic oxidation sites excluding steroid dienone is 2. The zero-order valence-corrected chi connectivity index (χ0v) is 10.6. The van der Waals surface area contributed by atoms with Crippen molar-refractivity contribution in [3.8, 4) is 0 Å². The normalized spacial score (nSPS) is 24.2. The molecule has 0 saturated carbocycles. The maximum Gasteiger partial charge on any atom is 0.260 e. The molecule has 1 heterocycles. The summed E-state index contributed by atoms with van der Waals surface area (Å²) in [5, 5.41) is 2.03. The summed E-state index contributed by atoms with van der Waals surface area (Å²) >= 11 is 0. The van der Waals surface area contributed by atoms with E-state index in [0.717, 1.165) is 12.3 Å². The van der Waals surface area contributed by atoms with Gasteiger partial charge in [-0.1, -0.05) is 6.08 Å². The molecule has 1 aliphatic carbocycles. The standard InChI is InChI=1S/C11H12ClNO3S/c12-17(14,15)11-3-1-9(2-4-11)16-10-5-7-13-8-6-10/h1,3-7,9,13H,2,8H2/p+1. The fourth-order valence-corrected chi connectivity index (χ4v) is 2.48. The minimum absolute atomic E-state index is 0.133. The van der Waals surface area contributed by atoms with Crippen molar-refractivity contribution in [1.29, 1.82) is 0 Å². The van der Waals surface area contributed by atoms with Gasteiger partial charge in [-0.2, -0.15) is 0 Å². The van der Waals surface area contributed by atoms with Crippen molar-refractivity contribution in [3.05, 3.63) is 47.2 Å². The van der Waals surface area contributed by atoms with Gasteiger partial charge >= 0.3 is 0 Å². The second kappa shape index (κ2) is 5.08. The van der Waals surface area contributed by atoms with Crippen LogP contribution in [0.4, 0.5) is 0 Å². The van der Waals surface area contributed by atoms with Gasteiger partial charge in [0.15, 0.2) is 0 Å². The van der Waals surface area contributed by atoms with Gasteiger partial charge in [0.2, 0.25) is 0 Å². The Morgan fingerprint density at radius 3 is 2.71 bits per heavy atom. The molecule has 2 N–H and O–H groups in total. The van der Waals surface area contributed by atoms with E-state index in [1.54, 1.807) is 12.2 Å². The van der Waals surface area contributed by atoms with Crippen LogP contribution in [0.25, 0.3) is 0 Å². The predicted octanol–water partition coefficient (Wildman–Crippen LogP) is 0.759. The van der Waals surface area contributed by atoms with E-state index < -0.39 is 9.05 Å². The second-order valence-corrected chi connectivity index (χ2v) is 6.30. The third-order valence-electron chi connectivity index (χ3n) is 2.45. The molecule has 1 atom stereocenters. The first-order valence-corrected chi connectivity index (χ1v) is 7.56. The van der Waals surface area contributed by atoms with E-state index in [-0.39, 0.29) is 11.0 Å². The fraction of sp³-hybridized carbons (Fsp3) is 0.273. The van der Waals surface area contributed by atoms with Crippen molar-refractivity contribution in [2.75, 3.05) is 6.54 Å². The molecule has 6 heteroatoms. The van der Waals surface area contributed by atoms with Crippen LogP contribution < -0.4 is 5.32 Å². The number of hydrogen-bond donors (Lipinski definition) is 1. The molecule has 0 aromatic heterocycles. The van der Waals surface area contributed by atoms with Crippen LogP contribution in [0.5, 0.6) is 0 Å². The van der Waals surface area contributed by atoms with E-state index in [9.17, 15) is 8.42 Å². The van der Waals surface area contributed by atoms with Crippen LogP contribution in [0.15, 0.2) is 47.2 Å². The SMILES string of the molecule is O=S(=O)(Cl)C1=CCC(OC2=CC[NH2+]C=C2)C=C1. The zero-order valence-electron chi connectivity index (χ0n) is 9.04. The van der Waals surface area contributed by atoms with Gasteiger partial charge in [-0.05, 0) is 12.2 Å². The van der Waals surface area contributed by atoms with E-state index in [1.165, 1.54) is 6.08 Å². The molecule has 0 spiro atoms. The maximum absolute atomic E-state index is 11.1. The molecular formula is C11H13ClNO3S+. The summed E-state index contributed by atoms with van der Waals surface area (Å²) in [5.41, 5.74) is 0. The smallest absolute Gasteiger partial charge is 0.260 e. The number of ether oxygens (including phenoxy) is 1. The summed E-state index contributed by atoms with van der Waals surface area (Å²) in [6.07, 6.45) is 10.9. The van der Waals surface area contributed by atoms with Crippen LogP contribution in [0, 0.1) is 0 Å². The van der Waals surface area contributed by atoms with Crippen LogP contribution in [0.2, 0.25) is 0 Å². The molecule has 17 heavy (non-hydrogen) atoms. The maximum atomic E-state index is 11.1. The Bertz CT molecular complexity index is 517. The van der Waals surface area contributed by atoms with Gasteiger partial charge < -0.3 is 10.1 Å². The molecule has 0 fully saturated rings. The van der Waals surface area contributed by atoms with E-state index >= 15 is 0 Å². The lowest BCUT2D eigenvalue weighted by Gasteiger charge is -2.18. The van der Waals surface area contributed by atoms with E-state index in [2.05, 4.69) is 0 Å². The van der Waals surface area contributed by atoms with E-state index in [4.69, 9.17) is 15.4 Å². The quantitative estimate of drug-likeness (QED) is 0.773. The largest absolute Gasteiger partial charge is 0.486 e. The third kappa shape index (κ3) is 3.46. The minimum atomic E-state index is -3.63. The molecule has 0 aromatic carbocycles. The van der Waals surface area contributed by atoms with E-state index in [0.29, 0.717) is 6.42 Å². The van der Waals surface area contributed by atoms with Crippen molar-refractivity contribution in [1.82, 2.24) is 0 Å². The Hall–Kier alpha value is -1.04. The van der Waals surface area contributed by atoms with Gasteiger partial charge in [0.1, 0.15) is 18.4 Å². The summed E-state index contributed by atoms with van der Waals surface area (Å²) < 4.78 is 27.8. The highest BCUT2D eigenvalue weighted by Crippen LogP contribution is 2.22. The first-order valence-electron chi connectivity index (χ1n) is 5.25. The lowest BCUT2D eigenvalue weighted by molar-refractivity contribution is -0.579. The Labute approximate surface area is 105 Å². The lowest BCUT2D eigenvalue weighted by Crippen LogP contribution is -2.78. The molecule has 2 rings (SSSR count). The third-order valence-corrected chi connectivity index (χ3v) is 3.85. The summed E-state index contributed by atoms with van der Waals surface area (Å²) in [5.74, 6) is 0.813. The summed E-state index contributed by atoms with van der Waals surface area (Å²) in [6.45, 7) is 0.861. The average Bonchev–Trinajstić information content (AvgIpc) is 2.30. The van der Waals surface area contributed by atoms with Crippen molar-refractivity contribution in [3.63, 3.8) is 0 Å². The Morgan fingerprint density at radius 1 is 1.35 bits per heavy atom. The Balaban J connectivity index is 1.97. The number of quaternary nitrogens is 1. The van der Waals surface area contributed by atoms with Crippen molar-refractivity contribution < 1.29 is 18.5 Å². The first kappa shape index (κ1) is 12.4. The van der Waals surface area contributed by atoms with Crippen molar-refractivity contribution in [2.24, 2.45) is 0 Å². The molecule has 1 unspecified atom stereocenters. The van der Waals surface area contributed by atoms with Crippen molar-refractivity contribution >= 4 is 19.7 Å². The molecule has 1 aliphatic heterocycles. The highest BCUT2D eigenvalue weighted by atomic mass is 35.7. The molecule has 0 saturated heterocycles. The topological polar surface area (TPSA) is 60.0 Å². The highest BCUT2D eigenvalue weighted by Gasteiger charge is 2.18. The van der Waals surface area contributed by atoms with Gasteiger partial charge in [-0.25, -0.2) is 8.42 Å². The summed E-state index contributed by atoms with van der Waals surface area (Å²) in [4.78, 5) is 0.139. The van der Waals surface area contributed by atoms with Gasteiger partial charge in [-0.15, -0.1) is 0 Å². The van der Waals surface area contributed by atoms with Crippen LogP contribution in [0.1, 0.15) is 6.42 Å². The van der Waals surface area contributed by atoms with Gasteiger partial charge in [-0.3, -0.25) is 0 Å². The molecule has 92 valence electrons. The van der Waals surface area contributed by atoms with Crippen LogP contribution in [-0.2, 0) is 13.8 Å². The fourth-order valence-electron chi connectivity index (χ4n) is 1.61. The lowest BCUT2D eigenvalue weighted by atomic mass is 10.1. The second-order valence-electron chi connectivity index (χ2n) is 3.73. The number of nitrogens with two attached hydrogens (primary N) is 1. The number of hydrogen-bond acceptors (Lipinski definition) is 3. The average molecular weight is 275 g/mol. The molecule has 4 nitrogen and oxygen atoms in total. The Kier molecular flexibility index (Phi) is 3.71. The molecule has 0 amide bonds. The number of halogens is 1. The highest BCUT2D eigenvalue weighted by molar-refractivity contribution is 8.17. The van der Waals surface area contributed by atoms with Crippen molar-refractivity contribution in [2.45, 2.75) is 12.5 Å². The molecule has 2 aliphatic rings. The van der Waals surface area contributed by atoms with Gasteiger partial charge in [0.25, 0.3) is 9.05 Å². The predicted molar refractivity (Wildman–Crippen MR) is 65.5 cm³/mol. The van der Waals surface area contributed by atoms with Crippen LogP contribution in [-0.4, -0.2) is 21.1 Å². The van der Waals surface area contributed by atoms with Gasteiger partial charge in [0, 0.05) is 29.3 Å². The first-order chi connectivity index (χ1) is 8.05. The molecular weight excluding hydrogens is 262 g/mol. The summed E-state index contributed by atoms with van der Waals surface area (Å²) in [7, 11) is 1.61. The Morgan fingerprint density at radius 2 is 2.18 bits per heavy atom. The summed E-state index contributed by atoms with van der Waals surface area (Å²) in [6, 6.07) is 0. The monoisotopic (exact) mass is 274 g/mol. The number of rotatable bonds is 3. The van der Waals surface area contributed by atoms with Gasteiger partial charge in [0.05, 0.1) is 11.1 Å². The molecule has 0 bridgehead atoms. The van der Waals surface area contributed by atoms with Crippen LogP contribution >= 0.6 is 10.7 Å². The van der Waals surface area contributed by atoms with Crippen LogP contribution in [0.3, 0.4) is 0 Å². The van der Waals surface area contributed by atoms with E-state index in [1.807, 2.05) is 23.7 Å². The molecule has 0 radical (unpaired) electrons. The molecule has 0 aromatic rings.